The van der Waals surface area contributed by atoms with E-state index in [2.05, 4.69) is 15.1 Å². The van der Waals surface area contributed by atoms with Gasteiger partial charge in [0, 0.05) is 37.8 Å². The number of halogens is 2. The van der Waals surface area contributed by atoms with Gasteiger partial charge in [-0.2, -0.15) is 0 Å². The number of hydrogen-bond donors (Lipinski definition) is 2. The molecular formula is C18H25ClFN3O2. The number of hydrogen-bond acceptors (Lipinski definition) is 4. The van der Waals surface area contributed by atoms with Crippen molar-refractivity contribution in [3.8, 4) is 0 Å². The maximum Gasteiger partial charge on any atom is 0.225 e. The van der Waals surface area contributed by atoms with Gasteiger partial charge in [0.2, 0.25) is 5.91 Å². The molecule has 2 aliphatic rings. The van der Waals surface area contributed by atoms with Crippen LogP contribution < -0.4 is 5.32 Å². The molecule has 1 amide bonds. The Balaban J connectivity index is 1.45. The van der Waals surface area contributed by atoms with E-state index in [-0.39, 0.29) is 23.1 Å². The highest BCUT2D eigenvalue weighted by Crippen LogP contribution is 2.22. The smallest absolute Gasteiger partial charge is 0.225 e. The average Bonchev–Trinajstić information content (AvgIpc) is 2.98. The van der Waals surface area contributed by atoms with Crippen LogP contribution >= 0.6 is 11.6 Å². The SMILES string of the molecule is O=C(CCN1C[C@@H](O)[C@H](N2CCCCC2)C1)Nc1ccc(F)c(Cl)c1. The second-order valence-electron chi connectivity index (χ2n) is 6.92. The molecule has 3 rings (SSSR count). The van der Waals surface area contributed by atoms with Crippen molar-refractivity contribution in [3.05, 3.63) is 29.0 Å². The van der Waals surface area contributed by atoms with Crippen LogP contribution in [0.4, 0.5) is 10.1 Å². The second kappa shape index (κ2) is 8.45. The third-order valence-electron chi connectivity index (χ3n) is 5.05. The summed E-state index contributed by atoms with van der Waals surface area (Å²) in [4.78, 5) is 16.6. The van der Waals surface area contributed by atoms with Crippen molar-refractivity contribution in [2.24, 2.45) is 0 Å². The Labute approximate surface area is 152 Å². The standard InChI is InChI=1S/C18H25ClFN3O2/c19-14-10-13(4-5-15(14)20)21-18(25)6-9-22-11-16(17(24)12-22)23-7-2-1-3-8-23/h4-5,10,16-17,24H,1-3,6-9,11-12H2,(H,21,25)/t16-,17-/m1/s1. The maximum absolute atomic E-state index is 13.1. The zero-order chi connectivity index (χ0) is 17.8. The van der Waals surface area contributed by atoms with Crippen molar-refractivity contribution in [3.63, 3.8) is 0 Å². The fourth-order valence-corrected chi connectivity index (χ4v) is 3.88. The Morgan fingerprint density at radius 2 is 2.04 bits per heavy atom. The number of piperidine rings is 1. The molecule has 2 fully saturated rings. The summed E-state index contributed by atoms with van der Waals surface area (Å²) in [5.74, 6) is -0.645. The molecule has 2 saturated heterocycles. The highest BCUT2D eigenvalue weighted by molar-refractivity contribution is 6.31. The largest absolute Gasteiger partial charge is 0.390 e. The number of anilines is 1. The molecule has 25 heavy (non-hydrogen) atoms. The Bertz CT molecular complexity index is 610. The summed E-state index contributed by atoms with van der Waals surface area (Å²) in [5, 5.41) is 13.1. The lowest BCUT2D eigenvalue weighted by molar-refractivity contribution is -0.116. The van der Waals surface area contributed by atoms with E-state index in [1.54, 1.807) is 0 Å². The van der Waals surface area contributed by atoms with Crippen molar-refractivity contribution in [2.75, 3.05) is 38.0 Å². The molecule has 2 N–H and O–H groups in total. The zero-order valence-corrected chi connectivity index (χ0v) is 15.0. The van der Waals surface area contributed by atoms with E-state index in [1.807, 2.05) is 0 Å². The summed E-state index contributed by atoms with van der Waals surface area (Å²) in [5.41, 5.74) is 0.490. The number of likely N-dealkylation sites (tertiary alicyclic amines) is 2. The van der Waals surface area contributed by atoms with E-state index in [0.717, 1.165) is 19.6 Å². The number of benzene rings is 1. The topological polar surface area (TPSA) is 55.8 Å². The van der Waals surface area contributed by atoms with Gasteiger partial charge < -0.3 is 10.4 Å². The summed E-state index contributed by atoms with van der Waals surface area (Å²) in [6.07, 6.45) is 3.65. The van der Waals surface area contributed by atoms with Crippen molar-refractivity contribution in [2.45, 2.75) is 37.8 Å². The Morgan fingerprint density at radius 3 is 2.76 bits per heavy atom. The highest BCUT2D eigenvalue weighted by Gasteiger charge is 2.35. The Morgan fingerprint density at radius 1 is 1.28 bits per heavy atom. The number of aliphatic hydroxyl groups excluding tert-OH is 1. The van der Waals surface area contributed by atoms with E-state index in [9.17, 15) is 14.3 Å². The van der Waals surface area contributed by atoms with Crippen LogP contribution in [-0.4, -0.2) is 65.7 Å². The molecule has 0 unspecified atom stereocenters. The van der Waals surface area contributed by atoms with Gasteiger partial charge in [0.15, 0.2) is 0 Å². The summed E-state index contributed by atoms with van der Waals surface area (Å²) in [6, 6.07) is 4.31. The monoisotopic (exact) mass is 369 g/mol. The van der Waals surface area contributed by atoms with Gasteiger partial charge in [-0.25, -0.2) is 4.39 Å². The lowest BCUT2D eigenvalue weighted by Crippen LogP contribution is -2.45. The molecule has 0 bridgehead atoms. The van der Waals surface area contributed by atoms with Gasteiger partial charge in [0.05, 0.1) is 11.1 Å². The van der Waals surface area contributed by atoms with Crippen molar-refractivity contribution < 1.29 is 14.3 Å². The van der Waals surface area contributed by atoms with Gasteiger partial charge in [0.25, 0.3) is 0 Å². The number of carbonyl (C=O) groups is 1. The van der Waals surface area contributed by atoms with Crippen molar-refractivity contribution in [1.29, 1.82) is 0 Å². The number of amides is 1. The minimum absolute atomic E-state index is 0.00941. The number of carbonyl (C=O) groups excluding carboxylic acids is 1. The number of nitrogens with one attached hydrogen (secondary N) is 1. The van der Waals surface area contributed by atoms with Gasteiger partial charge >= 0.3 is 0 Å². The van der Waals surface area contributed by atoms with Crippen LogP contribution in [0.5, 0.6) is 0 Å². The summed E-state index contributed by atoms with van der Waals surface area (Å²) < 4.78 is 13.1. The van der Waals surface area contributed by atoms with Crippen molar-refractivity contribution >= 4 is 23.2 Å². The number of nitrogens with zero attached hydrogens (tertiary/aromatic N) is 2. The molecule has 2 atom stereocenters. The predicted molar refractivity (Wildman–Crippen MR) is 96.3 cm³/mol. The van der Waals surface area contributed by atoms with E-state index in [1.165, 1.54) is 37.5 Å². The van der Waals surface area contributed by atoms with Gasteiger partial charge in [-0.15, -0.1) is 0 Å². The summed E-state index contributed by atoms with van der Waals surface area (Å²) >= 11 is 5.72. The minimum Gasteiger partial charge on any atom is -0.390 e. The third kappa shape index (κ3) is 4.91. The number of rotatable bonds is 5. The van der Waals surface area contributed by atoms with Gasteiger partial charge in [-0.1, -0.05) is 18.0 Å². The van der Waals surface area contributed by atoms with Crippen LogP contribution in [0.25, 0.3) is 0 Å². The summed E-state index contributed by atoms with van der Waals surface area (Å²) in [6.45, 7) is 4.12. The van der Waals surface area contributed by atoms with Gasteiger partial charge in [-0.05, 0) is 44.1 Å². The molecule has 5 nitrogen and oxygen atoms in total. The predicted octanol–water partition coefficient (Wildman–Crippen LogP) is 2.34. The maximum atomic E-state index is 13.1. The number of aliphatic hydroxyl groups is 1. The van der Waals surface area contributed by atoms with Crippen LogP contribution in [0.15, 0.2) is 18.2 Å². The first kappa shape index (κ1) is 18.6. The molecule has 0 saturated carbocycles. The fourth-order valence-electron chi connectivity index (χ4n) is 3.70. The molecule has 0 radical (unpaired) electrons. The highest BCUT2D eigenvalue weighted by atomic mass is 35.5. The molecule has 138 valence electrons. The van der Waals surface area contributed by atoms with E-state index in [4.69, 9.17) is 11.6 Å². The average molecular weight is 370 g/mol. The van der Waals surface area contributed by atoms with Gasteiger partial charge in [-0.3, -0.25) is 14.6 Å². The molecule has 0 aromatic heterocycles. The first-order chi connectivity index (χ1) is 12.0. The zero-order valence-electron chi connectivity index (χ0n) is 14.3. The van der Waals surface area contributed by atoms with Crippen LogP contribution in [0.2, 0.25) is 5.02 Å². The van der Waals surface area contributed by atoms with Crippen LogP contribution in [0, 0.1) is 5.82 Å². The van der Waals surface area contributed by atoms with Crippen LogP contribution in [0.1, 0.15) is 25.7 Å². The number of β-amino-alcohol motifs (C(OH)–C–C–N with tert-alkyl or cyclic N) is 1. The quantitative estimate of drug-likeness (QED) is 0.836. The van der Waals surface area contributed by atoms with Crippen LogP contribution in [-0.2, 0) is 4.79 Å². The molecule has 7 heteroatoms. The van der Waals surface area contributed by atoms with E-state index < -0.39 is 5.82 Å². The van der Waals surface area contributed by atoms with E-state index >= 15 is 0 Å². The molecule has 0 aliphatic carbocycles. The normalized spacial score (nSPS) is 25.2. The minimum atomic E-state index is -0.505. The Kier molecular flexibility index (Phi) is 6.28. The second-order valence-corrected chi connectivity index (χ2v) is 7.33. The third-order valence-corrected chi connectivity index (χ3v) is 5.34. The lowest BCUT2D eigenvalue weighted by atomic mass is 10.1. The molecule has 2 heterocycles. The first-order valence-corrected chi connectivity index (χ1v) is 9.30. The first-order valence-electron chi connectivity index (χ1n) is 8.92. The lowest BCUT2D eigenvalue weighted by Gasteiger charge is -2.33. The molecule has 2 aliphatic heterocycles. The molecular weight excluding hydrogens is 345 g/mol. The van der Waals surface area contributed by atoms with Crippen LogP contribution in [0.3, 0.4) is 0 Å². The molecule has 1 aromatic carbocycles. The van der Waals surface area contributed by atoms with Gasteiger partial charge in [0.1, 0.15) is 5.82 Å². The fraction of sp³-hybridized carbons (Fsp3) is 0.611. The molecule has 0 spiro atoms. The summed E-state index contributed by atoms with van der Waals surface area (Å²) in [7, 11) is 0. The van der Waals surface area contributed by atoms with Crippen molar-refractivity contribution in [1.82, 2.24) is 9.80 Å². The van der Waals surface area contributed by atoms with E-state index in [0.29, 0.717) is 25.2 Å². The Hall–Kier alpha value is -1.21. The molecule has 1 aromatic rings.